The minimum Gasteiger partial charge on any atom is -0.487 e. The fourth-order valence-electron chi connectivity index (χ4n) is 8.98. The molecule has 364 valence electrons. The van der Waals surface area contributed by atoms with Crippen LogP contribution in [-0.2, 0) is 28.5 Å². The molecule has 0 saturated carbocycles. The van der Waals surface area contributed by atoms with Gasteiger partial charge in [-0.05, 0) is 78.5 Å². The Balaban J connectivity index is 1.17. The molecule has 4 unspecified atom stereocenters. The van der Waals surface area contributed by atoms with Crippen LogP contribution in [-0.4, -0.2) is 134 Å². The monoisotopic (exact) mass is 936 g/mol. The second-order valence-corrected chi connectivity index (χ2v) is 17.7. The van der Waals surface area contributed by atoms with Gasteiger partial charge in [-0.15, -0.1) is 0 Å². The molecule has 0 aliphatic carbocycles. The first-order valence-corrected chi connectivity index (χ1v) is 23.2. The number of carbonyl (C=O) groups is 4. The number of hydrogen-bond donors (Lipinski definition) is 4. The van der Waals surface area contributed by atoms with Crippen molar-refractivity contribution in [3.05, 3.63) is 72.4 Å². The van der Waals surface area contributed by atoms with Crippen LogP contribution < -0.4 is 20.1 Å². The molecule has 4 N–H and O–H groups in total. The number of methoxy groups -OCH3 is 4. The maximum Gasteiger partial charge on any atom is 0.407 e. The van der Waals surface area contributed by atoms with Crippen molar-refractivity contribution in [2.24, 2.45) is 11.8 Å². The molecule has 18 heteroatoms. The van der Waals surface area contributed by atoms with Crippen molar-refractivity contribution in [2.75, 3.05) is 68.0 Å². The number of carbonyl (C=O) groups excluding carboxylic acids is 4. The number of rotatable bonds is 19. The molecule has 4 heterocycles. The van der Waals surface area contributed by atoms with E-state index in [0.29, 0.717) is 49.5 Å². The first kappa shape index (κ1) is 49.3. The third kappa shape index (κ3) is 10.9. The Labute approximate surface area is 396 Å². The Morgan fingerprint density at radius 3 is 1.66 bits per heavy atom. The van der Waals surface area contributed by atoms with Crippen molar-refractivity contribution in [1.29, 1.82) is 0 Å². The average Bonchev–Trinajstić information content (AvgIpc) is 4.19. The number of imidazole rings is 2. The number of H-pyrrole nitrogens is 2. The number of nitrogens with one attached hydrogen (secondary N) is 4. The minimum atomic E-state index is -0.738. The van der Waals surface area contributed by atoms with E-state index in [4.69, 9.17) is 38.4 Å². The maximum absolute atomic E-state index is 13.8. The summed E-state index contributed by atoms with van der Waals surface area (Å²) in [4.78, 5) is 72.0. The van der Waals surface area contributed by atoms with Gasteiger partial charge in [-0.1, -0.05) is 58.0 Å². The molecule has 5 aromatic rings. The van der Waals surface area contributed by atoms with E-state index in [2.05, 4.69) is 20.6 Å². The summed E-state index contributed by atoms with van der Waals surface area (Å²) in [5, 5.41) is 5.42. The van der Waals surface area contributed by atoms with Gasteiger partial charge < -0.3 is 58.8 Å². The highest BCUT2D eigenvalue weighted by molar-refractivity contribution is 5.89. The summed E-state index contributed by atoms with van der Waals surface area (Å²) in [6.07, 6.45) is 3.58. The topological polar surface area (TPSA) is 212 Å². The Bertz CT molecular complexity index is 2540. The van der Waals surface area contributed by atoms with E-state index in [1.165, 1.54) is 14.2 Å². The number of likely N-dealkylation sites (tertiary alicyclic amines) is 2. The highest BCUT2D eigenvalue weighted by atomic mass is 16.6. The summed E-state index contributed by atoms with van der Waals surface area (Å²) in [5.74, 6) is 1.82. The molecular weight excluding hydrogens is 873 g/mol. The molecule has 0 radical (unpaired) electrons. The van der Waals surface area contributed by atoms with Gasteiger partial charge >= 0.3 is 12.2 Å². The average molecular weight is 937 g/mol. The van der Waals surface area contributed by atoms with Gasteiger partial charge in [0.2, 0.25) is 11.8 Å². The van der Waals surface area contributed by atoms with Crippen molar-refractivity contribution in [3.63, 3.8) is 0 Å². The Morgan fingerprint density at radius 2 is 1.15 bits per heavy atom. The van der Waals surface area contributed by atoms with Crippen LogP contribution in [0.1, 0.15) is 77.1 Å². The lowest BCUT2D eigenvalue weighted by molar-refractivity contribution is -0.136. The molecule has 4 atom stereocenters. The number of benzene rings is 3. The molecule has 3 aromatic carbocycles. The third-order valence-electron chi connectivity index (χ3n) is 12.6. The summed E-state index contributed by atoms with van der Waals surface area (Å²) >= 11 is 0. The SMILES string of the molecule is COCCOc1c(-c2ccc(-c3cnc(C4CCCN4C(=O)C(NC(=O)OC)C(C)C)[nH]3)cc2)ccc(-c2ccc3nc(C4CCCN4C(=O)C(NC(=O)OC)C(C)C)[nH]c3c2)c1OCCOC. The first-order valence-electron chi connectivity index (χ1n) is 23.2. The smallest absolute Gasteiger partial charge is 0.407 e. The van der Waals surface area contributed by atoms with Crippen LogP contribution in [0.15, 0.2) is 60.8 Å². The summed E-state index contributed by atoms with van der Waals surface area (Å²) < 4.78 is 33.4. The van der Waals surface area contributed by atoms with E-state index in [0.717, 1.165) is 70.2 Å². The predicted molar refractivity (Wildman–Crippen MR) is 255 cm³/mol. The van der Waals surface area contributed by atoms with Gasteiger partial charge in [0.1, 0.15) is 36.9 Å². The van der Waals surface area contributed by atoms with Gasteiger partial charge in [0.25, 0.3) is 0 Å². The molecule has 4 amide bonds. The second kappa shape index (κ2) is 22.4. The van der Waals surface area contributed by atoms with Crippen LogP contribution in [0, 0.1) is 11.8 Å². The number of nitrogens with zero attached hydrogens (tertiary/aromatic N) is 4. The molecular formula is C50H64N8O10. The van der Waals surface area contributed by atoms with Crippen molar-refractivity contribution < 1.29 is 47.6 Å². The van der Waals surface area contributed by atoms with E-state index in [1.54, 1.807) is 30.2 Å². The van der Waals surface area contributed by atoms with Gasteiger partial charge in [0.15, 0.2) is 11.5 Å². The van der Waals surface area contributed by atoms with Crippen molar-refractivity contribution in [2.45, 2.75) is 77.5 Å². The summed E-state index contributed by atoms with van der Waals surface area (Å²) in [5.41, 5.74) is 6.60. The highest BCUT2D eigenvalue weighted by Gasteiger charge is 2.39. The lowest BCUT2D eigenvalue weighted by Crippen LogP contribution is -2.51. The van der Waals surface area contributed by atoms with Crippen LogP contribution in [0.25, 0.3) is 44.5 Å². The predicted octanol–water partition coefficient (Wildman–Crippen LogP) is 7.43. The van der Waals surface area contributed by atoms with E-state index in [1.807, 2.05) is 82.3 Å². The number of alkyl carbamates (subject to hydrolysis) is 2. The van der Waals surface area contributed by atoms with Crippen molar-refractivity contribution in [1.82, 2.24) is 40.4 Å². The van der Waals surface area contributed by atoms with E-state index >= 15 is 0 Å². The summed E-state index contributed by atoms with van der Waals surface area (Å²) in [6, 6.07) is 16.1. The number of aromatic amines is 2. The zero-order chi connectivity index (χ0) is 48.5. The van der Waals surface area contributed by atoms with Gasteiger partial charge in [-0.3, -0.25) is 9.59 Å². The summed E-state index contributed by atoms with van der Waals surface area (Å²) in [6.45, 7) is 9.92. The van der Waals surface area contributed by atoms with E-state index in [-0.39, 0.29) is 48.9 Å². The fraction of sp³-hybridized carbons (Fsp3) is 0.480. The maximum atomic E-state index is 13.8. The lowest BCUT2D eigenvalue weighted by Gasteiger charge is -2.30. The van der Waals surface area contributed by atoms with Gasteiger partial charge in [0, 0.05) is 38.4 Å². The quantitative estimate of drug-likeness (QED) is 0.0596. The number of ether oxygens (including phenoxy) is 6. The number of amides is 4. The van der Waals surface area contributed by atoms with Gasteiger partial charge in [0.05, 0.1) is 62.4 Å². The standard InChI is InChI=1S/C50H64N8O10/c1-29(2)41(55-49(61)65-7)47(59)57-21-9-11-39(57)45-51-28-38(54-45)32-15-13-31(14-16-32)34-18-19-35(44(68-26-24-64-6)43(34)67-25-23-63-5)33-17-20-36-37(27-33)53-46(52-36)40-12-10-22-58(40)48(60)42(30(3)4)56-50(62)66-8/h13-20,27-30,39-42H,9-12,21-26H2,1-8H3,(H,51,54)(H,52,53)(H,55,61)(H,56,62). The van der Waals surface area contributed by atoms with Crippen molar-refractivity contribution >= 4 is 35.0 Å². The highest BCUT2D eigenvalue weighted by Crippen LogP contribution is 2.46. The van der Waals surface area contributed by atoms with Crippen LogP contribution >= 0.6 is 0 Å². The normalized spacial score (nSPS) is 16.9. The number of aromatic nitrogens is 4. The van der Waals surface area contributed by atoms with E-state index < -0.39 is 24.3 Å². The third-order valence-corrected chi connectivity index (χ3v) is 12.6. The molecule has 0 bridgehead atoms. The van der Waals surface area contributed by atoms with Crippen LogP contribution in [0.2, 0.25) is 0 Å². The Kier molecular flexibility index (Phi) is 16.2. The van der Waals surface area contributed by atoms with E-state index in [9.17, 15) is 19.2 Å². The summed E-state index contributed by atoms with van der Waals surface area (Å²) in [7, 11) is 5.81. The molecule has 2 aliphatic rings. The molecule has 2 fully saturated rings. The Hall–Kier alpha value is -6.66. The van der Waals surface area contributed by atoms with Crippen LogP contribution in [0.3, 0.4) is 0 Å². The van der Waals surface area contributed by atoms with Crippen molar-refractivity contribution in [3.8, 4) is 45.0 Å². The molecule has 2 aromatic heterocycles. The fourth-order valence-corrected chi connectivity index (χ4v) is 8.98. The van der Waals surface area contributed by atoms with Crippen LogP contribution in [0.5, 0.6) is 11.5 Å². The number of fused-ring (bicyclic) bond motifs is 1. The molecule has 2 saturated heterocycles. The number of hydrogen-bond acceptors (Lipinski definition) is 12. The molecule has 68 heavy (non-hydrogen) atoms. The van der Waals surface area contributed by atoms with Gasteiger partial charge in [-0.25, -0.2) is 19.6 Å². The largest absolute Gasteiger partial charge is 0.487 e. The zero-order valence-electron chi connectivity index (χ0n) is 40.2. The lowest BCUT2D eigenvalue weighted by atomic mass is 9.96. The first-order chi connectivity index (χ1) is 32.9. The molecule has 0 spiro atoms. The Morgan fingerprint density at radius 1 is 0.647 bits per heavy atom. The molecule has 7 rings (SSSR count). The van der Waals surface area contributed by atoms with Crippen LogP contribution in [0.4, 0.5) is 9.59 Å². The zero-order valence-corrected chi connectivity index (χ0v) is 40.2. The van der Waals surface area contributed by atoms with Gasteiger partial charge in [-0.2, -0.15) is 0 Å². The molecule has 18 nitrogen and oxygen atoms in total. The molecule has 2 aliphatic heterocycles. The minimum absolute atomic E-state index is 0.137. The second-order valence-electron chi connectivity index (χ2n) is 17.7.